The van der Waals surface area contributed by atoms with Crippen LogP contribution in [-0.4, -0.2) is 11.2 Å². The Morgan fingerprint density at radius 3 is 2.94 bits per heavy atom. The molecule has 0 fully saturated rings. The Kier molecular flexibility index (Phi) is 5.11. The fourth-order valence-corrected chi connectivity index (χ4v) is 2.50. The molecule has 1 aliphatic heterocycles. The number of hydrogen-bond donors (Lipinski definition) is 0. The zero-order valence-electron chi connectivity index (χ0n) is 10.5. The molecular weight excluding hydrogens is 339 g/mol. The molecule has 0 unspecified atom stereocenters. The number of halogens is 1. The maximum Gasteiger partial charge on any atom is 0.231 e. The number of benzene rings is 1. The molecule has 0 atom stereocenters. The zero-order valence-corrected chi connectivity index (χ0v) is 12.6. The van der Waals surface area contributed by atoms with Gasteiger partial charge in [0.1, 0.15) is 0 Å². The Labute approximate surface area is 122 Å². The number of hydrogen-bond acceptors (Lipinski definition) is 2. The summed E-state index contributed by atoms with van der Waals surface area (Å²) in [5.41, 5.74) is 2.63. The van der Waals surface area contributed by atoms with Crippen molar-refractivity contribution in [2.45, 2.75) is 19.8 Å². The first-order valence-corrected chi connectivity index (χ1v) is 7.67. The monoisotopic (exact) mass is 356 g/mol. The van der Waals surface area contributed by atoms with E-state index in [9.17, 15) is 0 Å². The van der Waals surface area contributed by atoms with Gasteiger partial charge in [-0.1, -0.05) is 59.4 Å². The van der Waals surface area contributed by atoms with Gasteiger partial charge in [-0.2, -0.15) is 0 Å². The van der Waals surface area contributed by atoms with Crippen LogP contribution in [0, 0.1) is 0 Å². The highest BCUT2D eigenvalue weighted by molar-refractivity contribution is 14.1. The third-order valence-corrected chi connectivity index (χ3v) is 3.43. The highest BCUT2D eigenvalue weighted by atomic mass is 127. The Balaban J connectivity index is 2.05. The van der Waals surface area contributed by atoms with E-state index >= 15 is 0 Å². The van der Waals surface area contributed by atoms with Crippen LogP contribution in [0.3, 0.4) is 0 Å². The molecule has 0 saturated heterocycles. The van der Waals surface area contributed by atoms with Gasteiger partial charge in [0.15, 0.2) is 11.5 Å². The lowest BCUT2D eigenvalue weighted by Crippen LogP contribution is -1.92. The maximum absolute atomic E-state index is 5.35. The van der Waals surface area contributed by atoms with Crippen LogP contribution in [0.4, 0.5) is 0 Å². The highest BCUT2D eigenvalue weighted by Crippen LogP contribution is 2.32. The highest BCUT2D eigenvalue weighted by Gasteiger charge is 2.11. The van der Waals surface area contributed by atoms with Gasteiger partial charge < -0.3 is 9.47 Å². The first-order valence-electron chi connectivity index (χ1n) is 6.15. The van der Waals surface area contributed by atoms with E-state index in [1.807, 2.05) is 18.2 Å². The summed E-state index contributed by atoms with van der Waals surface area (Å²) in [6.45, 7) is 2.53. The summed E-state index contributed by atoms with van der Waals surface area (Å²) >= 11 is 2.41. The van der Waals surface area contributed by atoms with Gasteiger partial charge in [0.05, 0.1) is 0 Å². The predicted octanol–water partition coefficient (Wildman–Crippen LogP) is 4.59. The molecule has 96 valence electrons. The molecule has 2 rings (SSSR count). The number of alkyl halides is 1. The lowest BCUT2D eigenvalue weighted by Gasteiger charge is -1.99. The van der Waals surface area contributed by atoms with Crippen molar-refractivity contribution >= 4 is 28.7 Å². The fraction of sp³-hybridized carbons (Fsp3) is 0.333. The first-order chi connectivity index (χ1) is 8.83. The Hall–Kier alpha value is -0.970. The summed E-state index contributed by atoms with van der Waals surface area (Å²) < 4.78 is 11.8. The van der Waals surface area contributed by atoms with E-state index in [0.29, 0.717) is 6.79 Å². The van der Waals surface area contributed by atoms with Gasteiger partial charge in [-0.05, 0) is 30.5 Å². The van der Waals surface area contributed by atoms with Crippen molar-refractivity contribution in [1.82, 2.24) is 0 Å². The third kappa shape index (κ3) is 3.51. The van der Waals surface area contributed by atoms with Crippen molar-refractivity contribution in [3.8, 4) is 11.5 Å². The van der Waals surface area contributed by atoms with Gasteiger partial charge in [-0.25, -0.2) is 0 Å². The van der Waals surface area contributed by atoms with Crippen LogP contribution in [0.1, 0.15) is 25.3 Å². The molecule has 0 amide bonds. The molecule has 1 aromatic rings. The first kappa shape index (κ1) is 13.5. The lowest BCUT2D eigenvalue weighted by atomic mass is 10.1. The maximum atomic E-state index is 5.35. The van der Waals surface area contributed by atoms with Crippen LogP contribution < -0.4 is 9.47 Å². The summed E-state index contributed by atoms with van der Waals surface area (Å²) in [5, 5.41) is 0. The Morgan fingerprint density at radius 1 is 1.33 bits per heavy atom. The van der Waals surface area contributed by atoms with Gasteiger partial charge in [-0.3, -0.25) is 0 Å². The minimum Gasteiger partial charge on any atom is -0.454 e. The normalized spacial score (nSPS) is 14.4. The van der Waals surface area contributed by atoms with Gasteiger partial charge in [0, 0.05) is 4.43 Å². The van der Waals surface area contributed by atoms with Crippen molar-refractivity contribution in [2.75, 3.05) is 11.2 Å². The van der Waals surface area contributed by atoms with Gasteiger partial charge in [0.25, 0.3) is 0 Å². The van der Waals surface area contributed by atoms with E-state index in [0.717, 1.165) is 23.5 Å². The van der Waals surface area contributed by atoms with E-state index in [-0.39, 0.29) is 0 Å². The minimum absolute atomic E-state index is 0.331. The number of fused-ring (bicyclic) bond motifs is 1. The van der Waals surface area contributed by atoms with E-state index in [1.165, 1.54) is 16.4 Å². The van der Waals surface area contributed by atoms with Crippen molar-refractivity contribution in [1.29, 1.82) is 0 Å². The molecule has 0 radical (unpaired) electrons. The van der Waals surface area contributed by atoms with E-state index in [2.05, 4.69) is 47.7 Å². The van der Waals surface area contributed by atoms with E-state index < -0.39 is 0 Å². The average Bonchev–Trinajstić information content (AvgIpc) is 2.85. The van der Waals surface area contributed by atoms with Crippen molar-refractivity contribution in [3.63, 3.8) is 0 Å². The van der Waals surface area contributed by atoms with Gasteiger partial charge in [0.2, 0.25) is 6.79 Å². The van der Waals surface area contributed by atoms with Crippen LogP contribution in [0.2, 0.25) is 0 Å². The second-order valence-electron chi connectivity index (χ2n) is 4.09. The number of ether oxygens (including phenoxy) is 2. The summed E-state index contributed by atoms with van der Waals surface area (Å²) in [6.07, 6.45) is 8.72. The third-order valence-electron chi connectivity index (χ3n) is 2.89. The van der Waals surface area contributed by atoms with E-state index in [1.54, 1.807) is 0 Å². The molecule has 0 bridgehead atoms. The molecular formula is C15H17IO2. The second kappa shape index (κ2) is 6.83. The number of allylic oxidation sites excluding steroid dienone is 3. The molecule has 0 aliphatic carbocycles. The molecule has 1 aliphatic rings. The minimum atomic E-state index is 0.331. The topological polar surface area (TPSA) is 18.5 Å². The standard InChI is InChI=1S/C15H17IO2/c1-2-12(8-9-16)4-3-5-13-6-7-14-15(10-13)18-11-17-14/h3-7,10H,2,8-9,11H2,1H3. The quantitative estimate of drug-likeness (QED) is 0.437. The molecule has 3 heteroatoms. The van der Waals surface area contributed by atoms with Crippen LogP contribution in [0.25, 0.3) is 6.08 Å². The molecule has 0 N–H and O–H groups in total. The fourth-order valence-electron chi connectivity index (χ4n) is 1.81. The summed E-state index contributed by atoms with van der Waals surface area (Å²) in [4.78, 5) is 0. The van der Waals surface area contributed by atoms with E-state index in [4.69, 9.17) is 9.47 Å². The largest absolute Gasteiger partial charge is 0.454 e. The molecule has 18 heavy (non-hydrogen) atoms. The van der Waals surface area contributed by atoms with Crippen molar-refractivity contribution < 1.29 is 9.47 Å². The second-order valence-corrected chi connectivity index (χ2v) is 5.17. The SMILES string of the molecule is CCC(=CC=Cc1ccc2c(c1)OCO2)CCI. The molecule has 0 saturated carbocycles. The molecule has 1 heterocycles. The Morgan fingerprint density at radius 2 is 2.17 bits per heavy atom. The van der Waals surface area contributed by atoms with Crippen LogP contribution >= 0.6 is 22.6 Å². The molecule has 2 nitrogen and oxygen atoms in total. The van der Waals surface area contributed by atoms with Gasteiger partial charge >= 0.3 is 0 Å². The predicted molar refractivity (Wildman–Crippen MR) is 83.5 cm³/mol. The van der Waals surface area contributed by atoms with Crippen LogP contribution in [0.5, 0.6) is 11.5 Å². The van der Waals surface area contributed by atoms with Crippen LogP contribution in [0.15, 0.2) is 35.9 Å². The molecule has 1 aromatic carbocycles. The lowest BCUT2D eigenvalue weighted by molar-refractivity contribution is 0.174. The molecule has 0 aromatic heterocycles. The summed E-state index contributed by atoms with van der Waals surface area (Å²) in [5.74, 6) is 1.67. The van der Waals surface area contributed by atoms with Crippen molar-refractivity contribution in [2.24, 2.45) is 0 Å². The van der Waals surface area contributed by atoms with Crippen molar-refractivity contribution in [3.05, 3.63) is 41.5 Å². The molecule has 0 spiro atoms. The van der Waals surface area contributed by atoms with Crippen LogP contribution in [-0.2, 0) is 0 Å². The van der Waals surface area contributed by atoms with Gasteiger partial charge in [-0.15, -0.1) is 0 Å². The zero-order chi connectivity index (χ0) is 12.8. The summed E-state index contributed by atoms with van der Waals surface area (Å²) in [6, 6.07) is 6.01. The smallest absolute Gasteiger partial charge is 0.231 e. The Bertz CT molecular complexity index is 464. The summed E-state index contributed by atoms with van der Waals surface area (Å²) in [7, 11) is 0. The number of rotatable bonds is 5. The average molecular weight is 356 g/mol.